The van der Waals surface area contributed by atoms with Crippen LogP contribution in [0.15, 0.2) is 12.1 Å². The zero-order valence-corrected chi connectivity index (χ0v) is 11.9. The van der Waals surface area contributed by atoms with Crippen molar-refractivity contribution in [1.82, 2.24) is 5.32 Å². The predicted molar refractivity (Wildman–Crippen MR) is 76.2 cm³/mol. The fraction of sp³-hybridized carbons (Fsp3) is 0.364. The van der Waals surface area contributed by atoms with Gasteiger partial charge in [-0.3, -0.25) is 4.79 Å². The summed E-state index contributed by atoms with van der Waals surface area (Å²) in [4.78, 5) is 11.9. The molecule has 1 aromatic carbocycles. The van der Waals surface area contributed by atoms with E-state index in [0.29, 0.717) is 23.0 Å². The fourth-order valence-electron chi connectivity index (χ4n) is 1.19. The van der Waals surface area contributed by atoms with Gasteiger partial charge >= 0.3 is 0 Å². The molecule has 0 heterocycles. The number of benzene rings is 1. The van der Waals surface area contributed by atoms with Crippen molar-refractivity contribution in [2.45, 2.75) is 12.2 Å². The van der Waals surface area contributed by atoms with E-state index in [2.05, 4.69) is 5.32 Å². The number of nitrogen functional groups attached to an aromatic ring is 1. The van der Waals surface area contributed by atoms with Gasteiger partial charge in [0.25, 0.3) is 5.91 Å². The highest BCUT2D eigenvalue weighted by molar-refractivity contribution is 7.99. The molecule has 1 rings (SSSR count). The molecule has 17 heavy (non-hydrogen) atoms. The van der Waals surface area contributed by atoms with Crippen LogP contribution in [0.25, 0.3) is 0 Å². The molecule has 0 aliphatic rings. The van der Waals surface area contributed by atoms with Crippen LogP contribution in [0.3, 0.4) is 0 Å². The van der Waals surface area contributed by atoms with E-state index >= 15 is 0 Å². The minimum absolute atomic E-state index is 0.232. The quantitative estimate of drug-likeness (QED) is 0.839. The van der Waals surface area contributed by atoms with Crippen LogP contribution >= 0.6 is 35.0 Å². The van der Waals surface area contributed by atoms with Gasteiger partial charge in [-0.05, 0) is 18.4 Å². The summed E-state index contributed by atoms with van der Waals surface area (Å²) < 4.78 is 0. The average Bonchev–Trinajstić information content (AvgIpc) is 2.30. The van der Waals surface area contributed by atoms with Crippen molar-refractivity contribution in [3.63, 3.8) is 0 Å². The van der Waals surface area contributed by atoms with Crippen LogP contribution in [0.5, 0.6) is 0 Å². The molecule has 0 aliphatic heterocycles. The Morgan fingerprint density at radius 1 is 1.53 bits per heavy atom. The van der Waals surface area contributed by atoms with Gasteiger partial charge in [0.1, 0.15) is 0 Å². The van der Waals surface area contributed by atoms with Gasteiger partial charge in [0.2, 0.25) is 0 Å². The van der Waals surface area contributed by atoms with Gasteiger partial charge < -0.3 is 11.1 Å². The predicted octanol–water partition coefficient (Wildman–Crippen LogP) is 3.06. The maximum Gasteiger partial charge on any atom is 0.252 e. The lowest BCUT2D eigenvalue weighted by molar-refractivity contribution is 0.0954. The van der Waals surface area contributed by atoms with Crippen molar-refractivity contribution in [3.8, 4) is 0 Å². The maximum absolute atomic E-state index is 11.9. The van der Waals surface area contributed by atoms with Gasteiger partial charge in [-0.25, -0.2) is 0 Å². The molecule has 0 spiro atoms. The molecule has 1 amide bonds. The largest absolute Gasteiger partial charge is 0.399 e. The molecule has 0 aromatic heterocycles. The molecule has 6 heteroatoms. The zero-order chi connectivity index (χ0) is 13.0. The molecule has 1 unspecified atom stereocenters. The Labute approximate surface area is 115 Å². The van der Waals surface area contributed by atoms with Crippen LogP contribution in [0.1, 0.15) is 17.3 Å². The second kappa shape index (κ2) is 6.38. The molecular weight excluding hydrogens is 279 g/mol. The summed E-state index contributed by atoms with van der Waals surface area (Å²) >= 11 is 13.5. The highest BCUT2D eigenvalue weighted by Gasteiger charge is 2.14. The number of halogens is 2. The third-order valence-electron chi connectivity index (χ3n) is 2.25. The average molecular weight is 293 g/mol. The van der Waals surface area contributed by atoms with Crippen molar-refractivity contribution >= 4 is 46.6 Å². The molecule has 0 bridgehead atoms. The number of carbonyl (C=O) groups is 1. The van der Waals surface area contributed by atoms with E-state index in [4.69, 9.17) is 28.9 Å². The van der Waals surface area contributed by atoms with E-state index in [1.165, 1.54) is 12.1 Å². The lowest BCUT2D eigenvalue weighted by Crippen LogP contribution is -2.29. The molecule has 3 nitrogen and oxygen atoms in total. The van der Waals surface area contributed by atoms with Gasteiger partial charge in [-0.2, -0.15) is 11.8 Å². The SMILES string of the molecule is CSC(C)CNC(=O)c1cc(N)cc(Cl)c1Cl. The molecule has 1 atom stereocenters. The Morgan fingerprint density at radius 3 is 2.76 bits per heavy atom. The zero-order valence-electron chi connectivity index (χ0n) is 9.59. The summed E-state index contributed by atoms with van der Waals surface area (Å²) in [6, 6.07) is 3.04. The third-order valence-corrected chi connectivity index (χ3v) is 4.02. The topological polar surface area (TPSA) is 55.1 Å². The van der Waals surface area contributed by atoms with Gasteiger partial charge in [0.15, 0.2) is 0 Å². The molecule has 94 valence electrons. The molecule has 1 aromatic rings. The Bertz CT molecular complexity index is 426. The van der Waals surface area contributed by atoms with Crippen molar-refractivity contribution in [1.29, 1.82) is 0 Å². The number of thioether (sulfide) groups is 1. The van der Waals surface area contributed by atoms with Gasteiger partial charge in [0.05, 0.1) is 15.6 Å². The summed E-state index contributed by atoms with van der Waals surface area (Å²) in [6.45, 7) is 2.60. The van der Waals surface area contributed by atoms with E-state index in [-0.39, 0.29) is 16.0 Å². The number of nitrogens with two attached hydrogens (primary N) is 1. The van der Waals surface area contributed by atoms with Crippen molar-refractivity contribution in [2.75, 3.05) is 18.5 Å². The second-order valence-corrected chi connectivity index (χ2v) is 5.68. The maximum atomic E-state index is 11.9. The standard InChI is InChI=1S/C11H14Cl2N2OS/c1-6(17-2)5-15-11(16)8-3-7(14)4-9(12)10(8)13/h3-4,6H,5,14H2,1-2H3,(H,15,16). The second-order valence-electron chi connectivity index (χ2n) is 3.62. The summed E-state index contributed by atoms with van der Waals surface area (Å²) in [5, 5.41) is 3.65. The van der Waals surface area contributed by atoms with Gasteiger partial charge in [-0.15, -0.1) is 0 Å². The third kappa shape index (κ3) is 3.98. The smallest absolute Gasteiger partial charge is 0.252 e. The van der Waals surface area contributed by atoms with Crippen LogP contribution in [-0.2, 0) is 0 Å². The first-order chi connectivity index (χ1) is 7.95. The van der Waals surface area contributed by atoms with Gasteiger partial charge in [0, 0.05) is 17.5 Å². The Morgan fingerprint density at radius 2 is 2.18 bits per heavy atom. The number of hydrogen-bond donors (Lipinski definition) is 2. The van der Waals surface area contributed by atoms with Crippen LogP contribution in [0.4, 0.5) is 5.69 Å². The summed E-state index contributed by atoms with van der Waals surface area (Å²) in [5.74, 6) is -0.259. The highest BCUT2D eigenvalue weighted by atomic mass is 35.5. The van der Waals surface area contributed by atoms with E-state index < -0.39 is 0 Å². The number of nitrogens with one attached hydrogen (secondary N) is 1. The molecule has 3 N–H and O–H groups in total. The van der Waals surface area contributed by atoms with E-state index in [0.717, 1.165) is 0 Å². The van der Waals surface area contributed by atoms with Crippen LogP contribution in [-0.4, -0.2) is 24.0 Å². The number of rotatable bonds is 4. The minimum atomic E-state index is -0.259. The highest BCUT2D eigenvalue weighted by Crippen LogP contribution is 2.28. The lowest BCUT2D eigenvalue weighted by Gasteiger charge is -2.11. The first-order valence-electron chi connectivity index (χ1n) is 5.01. The van der Waals surface area contributed by atoms with Crippen LogP contribution in [0.2, 0.25) is 10.0 Å². The van der Waals surface area contributed by atoms with Crippen molar-refractivity contribution < 1.29 is 4.79 Å². The van der Waals surface area contributed by atoms with Crippen molar-refractivity contribution in [3.05, 3.63) is 27.7 Å². The van der Waals surface area contributed by atoms with E-state index in [9.17, 15) is 4.79 Å². The Hall–Kier alpha value is -0.580. The molecule has 0 fully saturated rings. The molecular formula is C11H14Cl2N2OS. The van der Waals surface area contributed by atoms with Crippen molar-refractivity contribution in [2.24, 2.45) is 0 Å². The summed E-state index contributed by atoms with van der Waals surface area (Å²) in [6.07, 6.45) is 1.99. The summed E-state index contributed by atoms with van der Waals surface area (Å²) in [5.41, 5.74) is 6.35. The number of anilines is 1. The number of carbonyl (C=O) groups excluding carboxylic acids is 1. The molecule has 0 saturated carbocycles. The Balaban J connectivity index is 2.82. The number of hydrogen-bond acceptors (Lipinski definition) is 3. The summed E-state index contributed by atoms with van der Waals surface area (Å²) in [7, 11) is 0. The molecule has 0 aliphatic carbocycles. The minimum Gasteiger partial charge on any atom is -0.399 e. The first kappa shape index (κ1) is 14.5. The molecule has 0 radical (unpaired) electrons. The Kier molecular flexibility index (Phi) is 5.43. The lowest BCUT2D eigenvalue weighted by atomic mass is 10.2. The van der Waals surface area contributed by atoms with Crippen LogP contribution in [0, 0.1) is 0 Å². The van der Waals surface area contributed by atoms with Crippen LogP contribution < -0.4 is 11.1 Å². The fourth-order valence-corrected chi connectivity index (χ4v) is 1.86. The monoisotopic (exact) mass is 292 g/mol. The van der Waals surface area contributed by atoms with Gasteiger partial charge in [-0.1, -0.05) is 30.1 Å². The number of amides is 1. The normalized spacial score (nSPS) is 12.2. The van der Waals surface area contributed by atoms with E-state index in [1.807, 2.05) is 13.2 Å². The van der Waals surface area contributed by atoms with E-state index in [1.54, 1.807) is 11.8 Å². The first-order valence-corrected chi connectivity index (χ1v) is 7.05. The molecule has 0 saturated heterocycles.